The molecule has 3 rings (SSSR count). The maximum Gasteiger partial charge on any atom is 0.201 e. The van der Waals surface area contributed by atoms with Gasteiger partial charge in [0.05, 0.1) is 11.4 Å². The van der Waals surface area contributed by atoms with Crippen LogP contribution in [0.2, 0.25) is 0 Å². The molecule has 6 heteroatoms. The van der Waals surface area contributed by atoms with Crippen molar-refractivity contribution < 1.29 is 0 Å². The minimum atomic E-state index is -0.174. The number of aromatic nitrogens is 6. The summed E-state index contributed by atoms with van der Waals surface area (Å²) in [7, 11) is 1.99. The van der Waals surface area contributed by atoms with E-state index in [1.165, 1.54) is 0 Å². The zero-order valence-corrected chi connectivity index (χ0v) is 13.1. The summed E-state index contributed by atoms with van der Waals surface area (Å²) in [5, 5.41) is 9.27. The maximum absolute atomic E-state index is 4.64. The van der Waals surface area contributed by atoms with Gasteiger partial charge in [0.1, 0.15) is 0 Å². The summed E-state index contributed by atoms with van der Waals surface area (Å²) in [4.78, 5) is 4.51. The largest absolute Gasteiger partial charge is 0.335 e. The number of hydrogen-bond donors (Lipinski definition) is 0. The summed E-state index contributed by atoms with van der Waals surface area (Å²) in [6.45, 7) is 8.11. The lowest BCUT2D eigenvalue weighted by atomic mass is 10.3. The van der Waals surface area contributed by atoms with Gasteiger partial charge in [-0.15, -0.1) is 0 Å². The average Bonchev–Trinajstić information content (AvgIpc) is 3.04. The summed E-state index contributed by atoms with van der Waals surface area (Å²) in [5.74, 6) is 0.910. The molecule has 6 nitrogen and oxygen atoms in total. The molecule has 0 bridgehead atoms. The minimum Gasteiger partial charge on any atom is -0.335 e. The molecule has 3 aromatic heterocycles. The average molecular weight is 284 g/mol. The lowest BCUT2D eigenvalue weighted by Gasteiger charge is -2.21. The second-order valence-electron chi connectivity index (χ2n) is 5.51. The van der Waals surface area contributed by atoms with Crippen LogP contribution >= 0.6 is 0 Å². The van der Waals surface area contributed by atoms with Gasteiger partial charge in [-0.2, -0.15) is 10.2 Å². The highest BCUT2D eigenvalue weighted by atomic mass is 15.5. The van der Waals surface area contributed by atoms with E-state index in [1.807, 2.05) is 41.0 Å². The lowest BCUT2D eigenvalue weighted by Crippen LogP contribution is -2.26. The first-order chi connectivity index (χ1) is 9.97. The van der Waals surface area contributed by atoms with Crippen LogP contribution in [0.25, 0.3) is 0 Å². The van der Waals surface area contributed by atoms with Gasteiger partial charge in [0.2, 0.25) is 6.17 Å². The van der Waals surface area contributed by atoms with Crippen LogP contribution in [-0.4, -0.2) is 29.1 Å². The second kappa shape index (κ2) is 4.87. The molecule has 21 heavy (non-hydrogen) atoms. The molecule has 0 amide bonds. The van der Waals surface area contributed by atoms with Crippen molar-refractivity contribution in [1.29, 1.82) is 0 Å². The normalized spacial score (nSPS) is 11.5. The zero-order valence-electron chi connectivity index (χ0n) is 13.1. The van der Waals surface area contributed by atoms with Gasteiger partial charge >= 0.3 is 0 Å². The first kappa shape index (κ1) is 13.6. The summed E-state index contributed by atoms with van der Waals surface area (Å²) in [5.41, 5.74) is 4.17. The molecule has 0 aliphatic carbocycles. The Labute approximate surface area is 124 Å². The molecule has 0 aromatic carbocycles. The molecular formula is C15H20N6. The van der Waals surface area contributed by atoms with Crippen LogP contribution in [0.15, 0.2) is 24.5 Å². The standard InChI is InChI=1S/C15H20N6/c1-10-8-12(3)20(17-10)15(14-16-6-7-19(14)5)21-13(4)9-11(2)18-21/h6-9,15H,1-5H3. The van der Waals surface area contributed by atoms with Crippen molar-refractivity contribution in [2.24, 2.45) is 7.05 Å². The van der Waals surface area contributed by atoms with Gasteiger partial charge in [0.15, 0.2) is 5.82 Å². The third-order valence-electron chi connectivity index (χ3n) is 3.64. The molecule has 0 saturated heterocycles. The van der Waals surface area contributed by atoms with Gasteiger partial charge in [-0.3, -0.25) is 0 Å². The predicted molar refractivity (Wildman–Crippen MR) is 80.1 cm³/mol. The maximum atomic E-state index is 4.64. The SMILES string of the molecule is Cc1cc(C)n(C(c2nccn2C)n2nc(C)cc2C)n1. The van der Waals surface area contributed by atoms with Gasteiger partial charge in [-0.25, -0.2) is 14.3 Å². The highest BCUT2D eigenvalue weighted by Crippen LogP contribution is 2.22. The highest BCUT2D eigenvalue weighted by molar-refractivity contribution is 5.15. The zero-order chi connectivity index (χ0) is 15.1. The fourth-order valence-electron chi connectivity index (χ4n) is 2.74. The van der Waals surface area contributed by atoms with Crippen LogP contribution in [0.3, 0.4) is 0 Å². The first-order valence-corrected chi connectivity index (χ1v) is 7.00. The van der Waals surface area contributed by atoms with E-state index >= 15 is 0 Å². The van der Waals surface area contributed by atoms with E-state index < -0.39 is 0 Å². The fourth-order valence-corrected chi connectivity index (χ4v) is 2.74. The topological polar surface area (TPSA) is 53.5 Å². The Morgan fingerprint density at radius 2 is 1.43 bits per heavy atom. The molecule has 0 fully saturated rings. The van der Waals surface area contributed by atoms with Crippen LogP contribution in [0.4, 0.5) is 0 Å². The quantitative estimate of drug-likeness (QED) is 0.740. The number of hydrogen-bond acceptors (Lipinski definition) is 3. The van der Waals surface area contributed by atoms with Gasteiger partial charge in [-0.05, 0) is 39.8 Å². The van der Waals surface area contributed by atoms with E-state index in [0.29, 0.717) is 0 Å². The van der Waals surface area contributed by atoms with Crippen LogP contribution in [0, 0.1) is 27.7 Å². The molecule has 0 spiro atoms. The molecule has 3 heterocycles. The van der Waals surface area contributed by atoms with Crippen molar-refractivity contribution in [1.82, 2.24) is 29.1 Å². The van der Waals surface area contributed by atoms with Gasteiger partial charge in [0, 0.05) is 30.8 Å². The Hall–Kier alpha value is -2.37. The van der Waals surface area contributed by atoms with Crippen molar-refractivity contribution >= 4 is 0 Å². The van der Waals surface area contributed by atoms with Gasteiger partial charge in [0.25, 0.3) is 0 Å². The Morgan fingerprint density at radius 3 is 1.76 bits per heavy atom. The fraction of sp³-hybridized carbons (Fsp3) is 0.400. The van der Waals surface area contributed by atoms with Crippen molar-refractivity contribution in [2.75, 3.05) is 0 Å². The van der Waals surface area contributed by atoms with Crippen molar-refractivity contribution in [3.63, 3.8) is 0 Å². The van der Waals surface area contributed by atoms with Crippen LogP contribution in [0.5, 0.6) is 0 Å². The van der Waals surface area contributed by atoms with Crippen LogP contribution in [0.1, 0.15) is 34.8 Å². The third kappa shape index (κ3) is 2.26. The second-order valence-corrected chi connectivity index (χ2v) is 5.51. The number of nitrogens with zero attached hydrogens (tertiary/aromatic N) is 6. The summed E-state index contributed by atoms with van der Waals surface area (Å²) < 4.78 is 5.98. The van der Waals surface area contributed by atoms with Crippen molar-refractivity contribution in [2.45, 2.75) is 33.9 Å². The molecular weight excluding hydrogens is 264 g/mol. The number of aryl methyl sites for hydroxylation is 5. The smallest absolute Gasteiger partial charge is 0.201 e. The van der Waals surface area contributed by atoms with Crippen LogP contribution in [-0.2, 0) is 7.05 Å². The predicted octanol–water partition coefficient (Wildman–Crippen LogP) is 2.14. The van der Waals surface area contributed by atoms with E-state index in [4.69, 9.17) is 0 Å². The summed E-state index contributed by atoms with van der Waals surface area (Å²) >= 11 is 0. The monoisotopic (exact) mass is 284 g/mol. The van der Waals surface area contributed by atoms with Gasteiger partial charge < -0.3 is 4.57 Å². The Kier molecular flexibility index (Phi) is 3.16. The number of imidazole rings is 1. The van der Waals surface area contributed by atoms with Crippen molar-refractivity contribution in [3.05, 3.63) is 53.1 Å². The van der Waals surface area contributed by atoms with E-state index in [2.05, 4.69) is 41.2 Å². The molecule has 0 saturated carbocycles. The molecule has 0 radical (unpaired) electrons. The third-order valence-corrected chi connectivity index (χ3v) is 3.64. The van der Waals surface area contributed by atoms with Crippen LogP contribution < -0.4 is 0 Å². The van der Waals surface area contributed by atoms with E-state index in [0.717, 1.165) is 28.6 Å². The molecule has 3 aromatic rings. The molecule has 0 aliphatic heterocycles. The Bertz CT molecular complexity index is 730. The minimum absolute atomic E-state index is 0.174. The van der Waals surface area contributed by atoms with E-state index in [1.54, 1.807) is 6.20 Å². The Morgan fingerprint density at radius 1 is 0.905 bits per heavy atom. The molecule has 0 N–H and O–H groups in total. The van der Waals surface area contributed by atoms with E-state index in [9.17, 15) is 0 Å². The lowest BCUT2D eigenvalue weighted by molar-refractivity contribution is 0.376. The molecule has 0 unspecified atom stereocenters. The van der Waals surface area contributed by atoms with E-state index in [-0.39, 0.29) is 6.17 Å². The molecule has 0 atom stereocenters. The Balaban J connectivity index is 2.23. The van der Waals surface area contributed by atoms with Crippen molar-refractivity contribution in [3.8, 4) is 0 Å². The summed E-state index contributed by atoms with van der Waals surface area (Å²) in [6.07, 6.45) is 3.58. The highest BCUT2D eigenvalue weighted by Gasteiger charge is 2.25. The van der Waals surface area contributed by atoms with Gasteiger partial charge in [-0.1, -0.05) is 0 Å². The number of rotatable bonds is 3. The molecule has 110 valence electrons. The first-order valence-electron chi connectivity index (χ1n) is 7.00. The molecule has 0 aliphatic rings. The summed E-state index contributed by atoms with van der Waals surface area (Å²) in [6, 6.07) is 4.14.